The van der Waals surface area contributed by atoms with E-state index in [9.17, 15) is 5.11 Å². The predicted molar refractivity (Wildman–Crippen MR) is 54.2 cm³/mol. The predicted octanol–water partition coefficient (Wildman–Crippen LogP) is 1.89. The van der Waals surface area contributed by atoms with Crippen LogP contribution >= 0.6 is 11.6 Å². The lowest BCUT2D eigenvalue weighted by atomic mass is 10.1. The molecule has 1 saturated heterocycles. The molecule has 1 aliphatic heterocycles. The summed E-state index contributed by atoms with van der Waals surface area (Å²) in [6.07, 6.45) is 1.59. The van der Waals surface area contributed by atoms with Gasteiger partial charge in [-0.3, -0.25) is 4.90 Å². The molecule has 0 atom stereocenters. The molecule has 2 heterocycles. The summed E-state index contributed by atoms with van der Waals surface area (Å²) in [4.78, 5) is 2.27. The summed E-state index contributed by atoms with van der Waals surface area (Å²) < 4.78 is 5.27. The molecule has 0 saturated carbocycles. The Bertz CT molecular complexity index is 292. The Hall–Kier alpha value is -0.510. The molecule has 78 valence electrons. The van der Waals surface area contributed by atoms with Gasteiger partial charge in [-0.05, 0) is 36.6 Å². The van der Waals surface area contributed by atoms with Gasteiger partial charge in [0.25, 0.3) is 0 Å². The lowest BCUT2D eigenvalue weighted by Crippen LogP contribution is -2.35. The molecule has 0 radical (unpaired) electrons. The van der Waals surface area contributed by atoms with Crippen molar-refractivity contribution in [1.82, 2.24) is 4.90 Å². The van der Waals surface area contributed by atoms with Crippen molar-refractivity contribution in [3.8, 4) is 0 Å². The van der Waals surface area contributed by atoms with Gasteiger partial charge in [0, 0.05) is 13.1 Å². The van der Waals surface area contributed by atoms with Gasteiger partial charge in [-0.1, -0.05) is 0 Å². The highest BCUT2D eigenvalue weighted by Gasteiger charge is 2.17. The van der Waals surface area contributed by atoms with Crippen LogP contribution < -0.4 is 0 Å². The van der Waals surface area contributed by atoms with Gasteiger partial charge in [-0.2, -0.15) is 0 Å². The fourth-order valence-electron chi connectivity index (χ4n) is 1.73. The summed E-state index contributed by atoms with van der Waals surface area (Å²) >= 11 is 5.68. The van der Waals surface area contributed by atoms with E-state index in [1.165, 1.54) is 0 Å². The lowest BCUT2D eigenvalue weighted by molar-refractivity contribution is 0.0760. The molecule has 2 rings (SSSR count). The Kier molecular flexibility index (Phi) is 3.11. The number of nitrogens with zero attached hydrogens (tertiary/aromatic N) is 1. The van der Waals surface area contributed by atoms with Gasteiger partial charge in [0.1, 0.15) is 5.76 Å². The Balaban J connectivity index is 1.86. The Morgan fingerprint density at radius 1 is 1.43 bits per heavy atom. The summed E-state index contributed by atoms with van der Waals surface area (Å²) in [6.45, 7) is 2.65. The van der Waals surface area contributed by atoms with E-state index in [-0.39, 0.29) is 6.10 Å². The third kappa shape index (κ3) is 2.50. The van der Waals surface area contributed by atoms with Crippen LogP contribution in [0.2, 0.25) is 5.22 Å². The molecule has 4 heteroatoms. The van der Waals surface area contributed by atoms with Gasteiger partial charge in [0.05, 0.1) is 12.6 Å². The smallest absolute Gasteiger partial charge is 0.193 e. The lowest BCUT2D eigenvalue weighted by Gasteiger charge is -2.28. The third-order valence-electron chi connectivity index (χ3n) is 2.57. The number of piperidine rings is 1. The van der Waals surface area contributed by atoms with Crippen molar-refractivity contribution in [2.75, 3.05) is 13.1 Å². The maximum absolute atomic E-state index is 9.33. The SMILES string of the molecule is OC1CCN(Cc2ccc(Cl)o2)CC1. The highest BCUT2D eigenvalue weighted by molar-refractivity contribution is 6.28. The fraction of sp³-hybridized carbons (Fsp3) is 0.600. The summed E-state index contributed by atoms with van der Waals surface area (Å²) in [6, 6.07) is 3.66. The van der Waals surface area contributed by atoms with E-state index >= 15 is 0 Å². The van der Waals surface area contributed by atoms with Crippen molar-refractivity contribution >= 4 is 11.6 Å². The number of likely N-dealkylation sites (tertiary alicyclic amines) is 1. The van der Waals surface area contributed by atoms with Gasteiger partial charge in [-0.25, -0.2) is 0 Å². The molecule has 14 heavy (non-hydrogen) atoms. The van der Waals surface area contributed by atoms with Crippen LogP contribution in [0.3, 0.4) is 0 Å². The minimum Gasteiger partial charge on any atom is -0.448 e. The van der Waals surface area contributed by atoms with Gasteiger partial charge >= 0.3 is 0 Å². The molecule has 1 fully saturated rings. The second-order valence-corrected chi connectivity index (χ2v) is 4.09. The molecule has 0 aliphatic carbocycles. The van der Waals surface area contributed by atoms with Gasteiger partial charge in [-0.15, -0.1) is 0 Å². The van der Waals surface area contributed by atoms with E-state index in [2.05, 4.69) is 4.90 Å². The van der Waals surface area contributed by atoms with Crippen LogP contribution in [0.15, 0.2) is 16.5 Å². The van der Waals surface area contributed by atoms with E-state index < -0.39 is 0 Å². The second-order valence-electron chi connectivity index (χ2n) is 3.71. The first-order valence-corrected chi connectivity index (χ1v) is 5.26. The molecule has 0 aromatic carbocycles. The number of aliphatic hydroxyl groups excluding tert-OH is 1. The van der Waals surface area contributed by atoms with Crippen LogP contribution in [0.5, 0.6) is 0 Å². The molecule has 0 amide bonds. The summed E-state index contributed by atoms with van der Waals surface area (Å²) in [5.41, 5.74) is 0. The monoisotopic (exact) mass is 215 g/mol. The minimum atomic E-state index is -0.119. The van der Waals surface area contributed by atoms with E-state index in [4.69, 9.17) is 16.0 Å². The first kappa shape index (κ1) is 10.0. The first-order chi connectivity index (χ1) is 6.74. The van der Waals surface area contributed by atoms with Gasteiger partial charge in [0.2, 0.25) is 0 Å². The molecular weight excluding hydrogens is 202 g/mol. The number of aliphatic hydroxyl groups is 1. The highest BCUT2D eigenvalue weighted by atomic mass is 35.5. The van der Waals surface area contributed by atoms with E-state index in [0.29, 0.717) is 5.22 Å². The average Bonchev–Trinajstić information content (AvgIpc) is 2.56. The van der Waals surface area contributed by atoms with Crippen molar-refractivity contribution in [2.24, 2.45) is 0 Å². The van der Waals surface area contributed by atoms with Crippen LogP contribution in [0.25, 0.3) is 0 Å². The largest absolute Gasteiger partial charge is 0.448 e. The average molecular weight is 216 g/mol. The highest BCUT2D eigenvalue weighted by Crippen LogP contribution is 2.17. The minimum absolute atomic E-state index is 0.119. The van der Waals surface area contributed by atoms with Crippen molar-refractivity contribution in [2.45, 2.75) is 25.5 Å². The maximum atomic E-state index is 9.33. The van der Waals surface area contributed by atoms with Crippen LogP contribution in [-0.4, -0.2) is 29.2 Å². The van der Waals surface area contributed by atoms with Gasteiger partial charge in [0.15, 0.2) is 5.22 Å². The van der Waals surface area contributed by atoms with Crippen molar-refractivity contribution in [1.29, 1.82) is 0 Å². The Morgan fingerprint density at radius 3 is 2.71 bits per heavy atom. The number of halogens is 1. The maximum Gasteiger partial charge on any atom is 0.193 e. The van der Waals surface area contributed by atoms with Crippen LogP contribution in [0.4, 0.5) is 0 Å². The summed E-state index contributed by atoms with van der Waals surface area (Å²) in [5, 5.41) is 9.77. The Morgan fingerprint density at radius 2 is 2.14 bits per heavy atom. The standard InChI is InChI=1S/C10H14ClNO2/c11-10-2-1-9(14-10)7-12-5-3-8(13)4-6-12/h1-2,8,13H,3-7H2. The topological polar surface area (TPSA) is 36.6 Å². The van der Waals surface area contributed by atoms with Crippen LogP contribution in [-0.2, 0) is 6.54 Å². The molecular formula is C10H14ClNO2. The summed E-state index contributed by atoms with van der Waals surface area (Å²) in [7, 11) is 0. The number of hydrogen-bond acceptors (Lipinski definition) is 3. The van der Waals surface area contributed by atoms with Crippen molar-refractivity contribution in [3.63, 3.8) is 0 Å². The zero-order chi connectivity index (χ0) is 9.97. The Labute approximate surface area is 88.3 Å². The van der Waals surface area contributed by atoms with Crippen LogP contribution in [0.1, 0.15) is 18.6 Å². The fourth-order valence-corrected chi connectivity index (χ4v) is 1.90. The molecule has 1 aliphatic rings. The van der Waals surface area contributed by atoms with E-state index in [0.717, 1.165) is 38.2 Å². The van der Waals surface area contributed by atoms with Crippen molar-refractivity contribution in [3.05, 3.63) is 23.1 Å². The molecule has 1 aromatic heterocycles. The van der Waals surface area contributed by atoms with E-state index in [1.807, 2.05) is 6.07 Å². The van der Waals surface area contributed by atoms with Gasteiger partial charge < -0.3 is 9.52 Å². The molecule has 0 unspecified atom stereocenters. The van der Waals surface area contributed by atoms with Crippen molar-refractivity contribution < 1.29 is 9.52 Å². The first-order valence-electron chi connectivity index (χ1n) is 4.88. The van der Waals surface area contributed by atoms with Crippen LogP contribution in [0, 0.1) is 0 Å². The normalized spacial score (nSPS) is 20.1. The quantitative estimate of drug-likeness (QED) is 0.819. The summed E-state index contributed by atoms with van der Waals surface area (Å²) in [5.74, 6) is 0.895. The number of rotatable bonds is 2. The zero-order valence-corrected chi connectivity index (χ0v) is 8.70. The second kappa shape index (κ2) is 4.34. The van der Waals surface area contributed by atoms with E-state index in [1.54, 1.807) is 6.07 Å². The molecule has 0 bridgehead atoms. The molecule has 1 N–H and O–H groups in total. The molecule has 3 nitrogen and oxygen atoms in total. The number of hydrogen-bond donors (Lipinski definition) is 1. The molecule has 0 spiro atoms. The molecule has 1 aromatic rings. The zero-order valence-electron chi connectivity index (χ0n) is 7.95. The third-order valence-corrected chi connectivity index (χ3v) is 2.77. The number of furan rings is 1.